The van der Waals surface area contributed by atoms with E-state index in [1.54, 1.807) is 36.4 Å². The van der Waals surface area contributed by atoms with Gasteiger partial charge >= 0.3 is 0 Å². The van der Waals surface area contributed by atoms with Crippen LogP contribution in [0.3, 0.4) is 0 Å². The molecule has 2 saturated heterocycles. The maximum Gasteiger partial charge on any atom is 0.253 e. The molecule has 0 unspecified atom stereocenters. The lowest BCUT2D eigenvalue weighted by Gasteiger charge is -2.30. The van der Waals surface area contributed by atoms with E-state index in [-0.39, 0.29) is 24.3 Å². The average molecular weight is 449 g/mol. The normalized spacial score (nSPS) is 16.5. The number of benzene rings is 2. The molecule has 2 fully saturated rings. The maximum absolute atomic E-state index is 12.7. The monoisotopic (exact) mass is 448 g/mol. The number of rotatable bonds is 6. The summed E-state index contributed by atoms with van der Waals surface area (Å²) in [4.78, 5) is 41.4. The number of nitrogens with one attached hydrogen (secondary N) is 2. The van der Waals surface area contributed by atoms with Gasteiger partial charge < -0.3 is 20.4 Å². The number of likely N-dealkylation sites (tertiary alicyclic amines) is 2. The Balaban J connectivity index is 1.27. The van der Waals surface area contributed by atoms with Crippen molar-refractivity contribution < 1.29 is 14.4 Å². The molecule has 2 aromatic rings. The Labute approximate surface area is 195 Å². The van der Waals surface area contributed by atoms with E-state index >= 15 is 0 Å². The van der Waals surface area contributed by atoms with E-state index in [0.29, 0.717) is 22.7 Å². The molecule has 2 aromatic carbocycles. The van der Waals surface area contributed by atoms with Crippen molar-refractivity contribution in [2.75, 3.05) is 43.4 Å². The van der Waals surface area contributed by atoms with Gasteiger partial charge in [0, 0.05) is 48.7 Å². The summed E-state index contributed by atoms with van der Waals surface area (Å²) in [6.07, 6.45) is 4.19. The van der Waals surface area contributed by atoms with Crippen LogP contribution in [-0.4, -0.2) is 60.2 Å². The topological polar surface area (TPSA) is 81.8 Å². The first-order valence-electron chi connectivity index (χ1n) is 11.8. The summed E-state index contributed by atoms with van der Waals surface area (Å²) in [6, 6.07) is 14.3. The van der Waals surface area contributed by atoms with Gasteiger partial charge in [0.2, 0.25) is 5.91 Å². The number of carbonyl (C=O) groups excluding carboxylic acids is 3. The molecule has 0 bridgehead atoms. The number of nitrogens with zero attached hydrogens (tertiary/aromatic N) is 2. The minimum Gasteiger partial charge on any atom is -0.376 e. The van der Waals surface area contributed by atoms with Crippen LogP contribution in [0.15, 0.2) is 48.5 Å². The van der Waals surface area contributed by atoms with Crippen molar-refractivity contribution in [1.82, 2.24) is 9.80 Å². The second kappa shape index (κ2) is 10.5. The molecule has 2 aliphatic rings. The third kappa shape index (κ3) is 5.92. The summed E-state index contributed by atoms with van der Waals surface area (Å²) in [5.41, 5.74) is 2.64. The molecule has 2 N–H and O–H groups in total. The second-order valence-corrected chi connectivity index (χ2v) is 9.03. The Kier molecular flexibility index (Phi) is 7.27. The number of hydrogen-bond acceptors (Lipinski definition) is 4. The van der Waals surface area contributed by atoms with Gasteiger partial charge in [-0.05, 0) is 74.1 Å². The van der Waals surface area contributed by atoms with E-state index in [2.05, 4.69) is 17.6 Å². The minimum absolute atomic E-state index is 0.0364. The van der Waals surface area contributed by atoms with Gasteiger partial charge in [0.15, 0.2) is 0 Å². The van der Waals surface area contributed by atoms with Crippen LogP contribution < -0.4 is 10.6 Å². The van der Waals surface area contributed by atoms with Gasteiger partial charge in [0.05, 0.1) is 6.54 Å². The predicted molar refractivity (Wildman–Crippen MR) is 129 cm³/mol. The molecule has 174 valence electrons. The third-order valence-corrected chi connectivity index (χ3v) is 6.44. The molecule has 33 heavy (non-hydrogen) atoms. The summed E-state index contributed by atoms with van der Waals surface area (Å²) >= 11 is 0. The van der Waals surface area contributed by atoms with E-state index in [1.807, 2.05) is 21.9 Å². The number of carbonyl (C=O) groups is 3. The largest absolute Gasteiger partial charge is 0.376 e. The van der Waals surface area contributed by atoms with Crippen LogP contribution in [0, 0.1) is 5.92 Å². The van der Waals surface area contributed by atoms with E-state index < -0.39 is 0 Å². The summed E-state index contributed by atoms with van der Waals surface area (Å²) in [5.74, 6) is 0.558. The fourth-order valence-electron chi connectivity index (χ4n) is 4.34. The molecular formula is C26H32N4O3. The lowest BCUT2D eigenvalue weighted by Crippen LogP contribution is -2.37. The molecule has 0 aromatic heterocycles. The average Bonchev–Trinajstić information content (AvgIpc) is 3.38. The second-order valence-electron chi connectivity index (χ2n) is 9.03. The van der Waals surface area contributed by atoms with Gasteiger partial charge in [-0.2, -0.15) is 0 Å². The Bertz CT molecular complexity index is 991. The van der Waals surface area contributed by atoms with Crippen LogP contribution >= 0.6 is 0 Å². The first-order valence-corrected chi connectivity index (χ1v) is 11.8. The fraction of sp³-hybridized carbons (Fsp3) is 0.423. The predicted octanol–water partition coefficient (Wildman–Crippen LogP) is 3.85. The van der Waals surface area contributed by atoms with Gasteiger partial charge in [0.1, 0.15) is 0 Å². The van der Waals surface area contributed by atoms with Gasteiger partial charge in [-0.25, -0.2) is 0 Å². The van der Waals surface area contributed by atoms with Crippen LogP contribution in [0.2, 0.25) is 0 Å². The zero-order chi connectivity index (χ0) is 23.2. The quantitative estimate of drug-likeness (QED) is 0.703. The van der Waals surface area contributed by atoms with Gasteiger partial charge in [-0.3, -0.25) is 14.4 Å². The van der Waals surface area contributed by atoms with Gasteiger partial charge in [0.25, 0.3) is 11.8 Å². The van der Waals surface area contributed by atoms with Crippen LogP contribution in [0.1, 0.15) is 53.3 Å². The Morgan fingerprint density at radius 1 is 0.818 bits per heavy atom. The molecule has 0 aliphatic carbocycles. The zero-order valence-electron chi connectivity index (χ0n) is 19.2. The van der Waals surface area contributed by atoms with E-state index in [1.165, 1.54) is 0 Å². The molecule has 2 aliphatic heterocycles. The number of anilines is 2. The van der Waals surface area contributed by atoms with Crippen molar-refractivity contribution in [1.29, 1.82) is 0 Å². The first kappa shape index (κ1) is 22.8. The van der Waals surface area contributed by atoms with E-state index in [4.69, 9.17) is 0 Å². The molecular weight excluding hydrogens is 416 g/mol. The Morgan fingerprint density at radius 2 is 1.45 bits per heavy atom. The van der Waals surface area contributed by atoms with Crippen LogP contribution in [0.5, 0.6) is 0 Å². The Morgan fingerprint density at radius 3 is 2.15 bits per heavy atom. The highest BCUT2D eigenvalue weighted by molar-refractivity contribution is 5.97. The molecule has 7 nitrogen and oxygen atoms in total. The lowest BCUT2D eigenvalue weighted by atomic mass is 9.98. The fourth-order valence-corrected chi connectivity index (χ4v) is 4.34. The van der Waals surface area contributed by atoms with Gasteiger partial charge in [-0.1, -0.05) is 13.0 Å². The highest BCUT2D eigenvalue weighted by Crippen LogP contribution is 2.20. The minimum atomic E-state index is -0.199. The molecule has 2 heterocycles. The summed E-state index contributed by atoms with van der Waals surface area (Å²) < 4.78 is 0. The molecule has 0 radical (unpaired) electrons. The van der Waals surface area contributed by atoms with Crippen LogP contribution in [0.25, 0.3) is 0 Å². The molecule has 0 spiro atoms. The van der Waals surface area contributed by atoms with Crippen molar-refractivity contribution in [3.8, 4) is 0 Å². The molecule has 4 rings (SSSR count). The highest BCUT2D eigenvalue weighted by Gasteiger charge is 2.21. The zero-order valence-corrected chi connectivity index (χ0v) is 19.2. The van der Waals surface area contributed by atoms with E-state index in [9.17, 15) is 14.4 Å². The van der Waals surface area contributed by atoms with Gasteiger partial charge in [-0.15, -0.1) is 0 Å². The molecule has 3 amide bonds. The van der Waals surface area contributed by atoms with Crippen molar-refractivity contribution >= 4 is 29.1 Å². The lowest BCUT2D eigenvalue weighted by molar-refractivity contribution is -0.114. The number of amides is 3. The van der Waals surface area contributed by atoms with E-state index in [0.717, 1.165) is 57.5 Å². The van der Waals surface area contributed by atoms with Crippen molar-refractivity contribution in [3.05, 3.63) is 59.7 Å². The smallest absolute Gasteiger partial charge is 0.253 e. The first-order chi connectivity index (χ1) is 16.0. The van der Waals surface area contributed by atoms with Crippen LogP contribution in [-0.2, 0) is 4.79 Å². The SMILES string of the molecule is CC1CCN(C(=O)c2ccc(NC(=O)CNc3cccc(C(=O)N4CCCC4)c3)cc2)CC1. The third-order valence-electron chi connectivity index (χ3n) is 6.44. The summed E-state index contributed by atoms with van der Waals surface area (Å²) in [6.45, 7) is 5.51. The molecule has 7 heteroatoms. The number of piperidine rings is 1. The Hall–Kier alpha value is -3.35. The highest BCUT2D eigenvalue weighted by atomic mass is 16.2. The molecule has 0 atom stereocenters. The standard InChI is InChI=1S/C26H32N4O3/c1-19-11-15-30(16-12-19)25(32)20-7-9-22(10-8-20)28-24(31)18-27-23-6-4-5-21(17-23)26(33)29-13-2-3-14-29/h4-10,17,19,27H,2-3,11-16,18H2,1H3,(H,28,31). The van der Waals surface area contributed by atoms with Crippen molar-refractivity contribution in [2.45, 2.75) is 32.6 Å². The summed E-state index contributed by atoms with van der Waals surface area (Å²) in [7, 11) is 0. The van der Waals surface area contributed by atoms with Crippen LogP contribution in [0.4, 0.5) is 11.4 Å². The van der Waals surface area contributed by atoms with Crippen molar-refractivity contribution in [3.63, 3.8) is 0 Å². The maximum atomic E-state index is 12.7. The molecule has 0 saturated carbocycles. The number of hydrogen-bond donors (Lipinski definition) is 2. The summed E-state index contributed by atoms with van der Waals surface area (Å²) in [5, 5.41) is 5.93. The van der Waals surface area contributed by atoms with Crippen molar-refractivity contribution in [2.24, 2.45) is 5.92 Å².